The van der Waals surface area contributed by atoms with Crippen LogP contribution in [0.4, 0.5) is 5.69 Å². The van der Waals surface area contributed by atoms with Gasteiger partial charge in [-0.2, -0.15) is 0 Å². The second kappa shape index (κ2) is 6.34. The van der Waals surface area contributed by atoms with E-state index in [2.05, 4.69) is 15.4 Å². The van der Waals surface area contributed by atoms with Crippen LogP contribution in [0.3, 0.4) is 0 Å². The summed E-state index contributed by atoms with van der Waals surface area (Å²) < 4.78 is 26.6. The summed E-state index contributed by atoms with van der Waals surface area (Å²) in [6, 6.07) is 6.16. The molecule has 1 amide bonds. The van der Waals surface area contributed by atoms with Gasteiger partial charge in [-0.25, -0.2) is 13.1 Å². The molecule has 1 fully saturated rings. The molecule has 1 heterocycles. The van der Waals surface area contributed by atoms with Crippen molar-refractivity contribution in [3.63, 3.8) is 0 Å². The number of benzene rings is 1. The molecule has 1 aromatic carbocycles. The van der Waals surface area contributed by atoms with Crippen LogP contribution in [0.25, 0.3) is 0 Å². The fraction of sp³-hybridized carbons (Fsp3) is 0.462. The van der Waals surface area contributed by atoms with Gasteiger partial charge < -0.3 is 10.6 Å². The maximum Gasteiger partial charge on any atom is 0.242 e. The van der Waals surface area contributed by atoms with E-state index in [0.717, 1.165) is 19.4 Å². The number of nitrogens with one attached hydrogen (secondary N) is 3. The monoisotopic (exact) mass is 297 g/mol. The SMILES string of the molecule is CCNS(=O)(=O)c1ccccc1NC(=O)[C@@H]1CCCN1. The van der Waals surface area contributed by atoms with Crippen LogP contribution in [0, 0.1) is 0 Å². The van der Waals surface area contributed by atoms with Gasteiger partial charge in [0.1, 0.15) is 4.90 Å². The van der Waals surface area contributed by atoms with Crippen LogP contribution in [0.2, 0.25) is 0 Å². The fourth-order valence-corrected chi connectivity index (χ4v) is 3.40. The first-order valence-corrected chi connectivity index (χ1v) is 8.16. The minimum Gasteiger partial charge on any atom is -0.324 e. The number of rotatable bonds is 5. The average molecular weight is 297 g/mol. The Morgan fingerprint density at radius 3 is 2.80 bits per heavy atom. The molecule has 6 nitrogen and oxygen atoms in total. The normalized spacial score (nSPS) is 18.9. The summed E-state index contributed by atoms with van der Waals surface area (Å²) in [5.41, 5.74) is 0.312. The number of carbonyl (C=O) groups is 1. The predicted octanol–water partition coefficient (Wildman–Crippen LogP) is 0.675. The Bertz CT molecular complexity index is 580. The third-order valence-corrected chi connectivity index (χ3v) is 4.75. The lowest BCUT2D eigenvalue weighted by molar-refractivity contribution is -0.117. The number of carbonyl (C=O) groups excluding carboxylic acids is 1. The van der Waals surface area contributed by atoms with Gasteiger partial charge in [-0.15, -0.1) is 0 Å². The molecule has 7 heteroatoms. The van der Waals surface area contributed by atoms with Gasteiger partial charge in [-0.1, -0.05) is 19.1 Å². The van der Waals surface area contributed by atoms with Crippen LogP contribution in [0.15, 0.2) is 29.2 Å². The maximum absolute atomic E-state index is 12.1. The molecule has 3 N–H and O–H groups in total. The lowest BCUT2D eigenvalue weighted by Crippen LogP contribution is -2.36. The van der Waals surface area contributed by atoms with E-state index in [-0.39, 0.29) is 16.8 Å². The van der Waals surface area contributed by atoms with E-state index >= 15 is 0 Å². The van der Waals surface area contributed by atoms with E-state index in [1.54, 1.807) is 25.1 Å². The Morgan fingerprint density at radius 1 is 1.40 bits per heavy atom. The van der Waals surface area contributed by atoms with Crippen LogP contribution in [-0.4, -0.2) is 33.5 Å². The summed E-state index contributed by atoms with van der Waals surface area (Å²) in [6.45, 7) is 2.82. The molecule has 20 heavy (non-hydrogen) atoms. The summed E-state index contributed by atoms with van der Waals surface area (Å²) in [5.74, 6) is -0.193. The summed E-state index contributed by atoms with van der Waals surface area (Å²) in [5, 5.41) is 5.78. The molecule has 0 unspecified atom stereocenters. The topological polar surface area (TPSA) is 87.3 Å². The zero-order valence-electron chi connectivity index (χ0n) is 11.3. The van der Waals surface area contributed by atoms with Crippen molar-refractivity contribution < 1.29 is 13.2 Å². The molecule has 1 aliphatic heterocycles. The number of hydrogen-bond donors (Lipinski definition) is 3. The zero-order chi connectivity index (χ0) is 14.6. The van der Waals surface area contributed by atoms with Gasteiger partial charge in [0.05, 0.1) is 11.7 Å². The Kier molecular flexibility index (Phi) is 4.74. The summed E-state index contributed by atoms with van der Waals surface area (Å²) in [7, 11) is -3.60. The van der Waals surface area contributed by atoms with Crippen LogP contribution >= 0.6 is 0 Å². The van der Waals surface area contributed by atoms with Gasteiger partial charge in [0.25, 0.3) is 0 Å². The molecule has 0 aliphatic carbocycles. The van der Waals surface area contributed by atoms with Crippen molar-refractivity contribution in [2.75, 3.05) is 18.4 Å². The standard InChI is InChI=1S/C13H19N3O3S/c1-2-15-20(18,19)12-8-4-3-6-10(12)16-13(17)11-7-5-9-14-11/h3-4,6,8,11,14-15H,2,5,7,9H2,1H3,(H,16,17)/t11-/m0/s1. The molecule has 0 radical (unpaired) electrons. The van der Waals surface area contributed by atoms with Gasteiger partial charge in [0.15, 0.2) is 0 Å². The van der Waals surface area contributed by atoms with Crippen molar-refractivity contribution in [2.45, 2.75) is 30.7 Å². The Morgan fingerprint density at radius 2 is 2.15 bits per heavy atom. The fourth-order valence-electron chi connectivity index (χ4n) is 2.20. The van der Waals surface area contributed by atoms with Crippen LogP contribution in [0.1, 0.15) is 19.8 Å². The maximum atomic E-state index is 12.1. The van der Waals surface area contributed by atoms with Crippen molar-refractivity contribution >= 4 is 21.6 Å². The number of amides is 1. The highest BCUT2D eigenvalue weighted by Gasteiger charge is 2.24. The van der Waals surface area contributed by atoms with E-state index in [1.807, 2.05) is 0 Å². The third kappa shape index (κ3) is 3.36. The van der Waals surface area contributed by atoms with Crippen molar-refractivity contribution in [3.05, 3.63) is 24.3 Å². The highest BCUT2D eigenvalue weighted by atomic mass is 32.2. The summed E-state index contributed by atoms with van der Waals surface area (Å²) in [4.78, 5) is 12.2. The van der Waals surface area contributed by atoms with Crippen LogP contribution in [0.5, 0.6) is 0 Å². The van der Waals surface area contributed by atoms with Gasteiger partial charge in [-0.05, 0) is 31.5 Å². The van der Waals surface area contributed by atoms with E-state index < -0.39 is 10.0 Å². The third-order valence-electron chi connectivity index (χ3n) is 3.15. The molecule has 1 saturated heterocycles. The van der Waals surface area contributed by atoms with Crippen LogP contribution in [-0.2, 0) is 14.8 Å². The minimum atomic E-state index is -3.60. The lowest BCUT2D eigenvalue weighted by atomic mass is 10.2. The molecular weight excluding hydrogens is 278 g/mol. The van der Waals surface area contributed by atoms with Crippen molar-refractivity contribution in [2.24, 2.45) is 0 Å². The van der Waals surface area contributed by atoms with Crippen LogP contribution < -0.4 is 15.4 Å². The second-order valence-corrected chi connectivity index (χ2v) is 6.37. The highest BCUT2D eigenvalue weighted by molar-refractivity contribution is 7.89. The first-order chi connectivity index (χ1) is 9.54. The quantitative estimate of drug-likeness (QED) is 0.745. The Hall–Kier alpha value is -1.44. The van der Waals surface area contributed by atoms with E-state index in [4.69, 9.17) is 0 Å². The number of sulfonamides is 1. The molecule has 1 aromatic rings. The van der Waals surface area contributed by atoms with Gasteiger partial charge in [0, 0.05) is 6.54 Å². The van der Waals surface area contributed by atoms with Gasteiger partial charge in [0.2, 0.25) is 15.9 Å². The minimum absolute atomic E-state index is 0.0909. The molecule has 2 rings (SSSR count). The molecule has 0 bridgehead atoms. The number of hydrogen-bond acceptors (Lipinski definition) is 4. The molecule has 0 saturated carbocycles. The van der Waals surface area contributed by atoms with Crippen molar-refractivity contribution in [1.29, 1.82) is 0 Å². The van der Waals surface area contributed by atoms with Gasteiger partial charge >= 0.3 is 0 Å². The first-order valence-electron chi connectivity index (χ1n) is 6.67. The molecule has 0 spiro atoms. The molecule has 1 atom stereocenters. The summed E-state index contributed by atoms with van der Waals surface area (Å²) >= 11 is 0. The molecule has 110 valence electrons. The molecular formula is C13H19N3O3S. The summed E-state index contributed by atoms with van der Waals surface area (Å²) in [6.07, 6.45) is 1.73. The Labute approximate surface area is 119 Å². The highest BCUT2D eigenvalue weighted by Crippen LogP contribution is 2.21. The molecule has 0 aromatic heterocycles. The van der Waals surface area contributed by atoms with E-state index in [9.17, 15) is 13.2 Å². The smallest absolute Gasteiger partial charge is 0.242 e. The first kappa shape index (κ1) is 15.0. The molecule has 1 aliphatic rings. The van der Waals surface area contributed by atoms with E-state index in [0.29, 0.717) is 12.2 Å². The second-order valence-electron chi connectivity index (χ2n) is 4.64. The lowest BCUT2D eigenvalue weighted by Gasteiger charge is -2.14. The largest absolute Gasteiger partial charge is 0.324 e. The average Bonchev–Trinajstić information content (AvgIpc) is 2.93. The number of anilines is 1. The van der Waals surface area contributed by atoms with E-state index in [1.165, 1.54) is 6.07 Å². The Balaban J connectivity index is 2.22. The number of para-hydroxylation sites is 1. The predicted molar refractivity (Wildman–Crippen MR) is 77.0 cm³/mol. The van der Waals surface area contributed by atoms with Gasteiger partial charge in [-0.3, -0.25) is 4.79 Å². The van der Waals surface area contributed by atoms with Crippen molar-refractivity contribution in [3.8, 4) is 0 Å². The van der Waals surface area contributed by atoms with Crippen molar-refractivity contribution in [1.82, 2.24) is 10.0 Å². The zero-order valence-corrected chi connectivity index (χ0v) is 12.2.